The van der Waals surface area contributed by atoms with E-state index in [4.69, 9.17) is 40.1 Å². The van der Waals surface area contributed by atoms with Gasteiger partial charge in [-0.15, -0.1) is 48.5 Å². The molecule has 122 heavy (non-hydrogen) atoms. The first-order valence-corrected chi connectivity index (χ1v) is 37.4. The molecule has 0 N–H and O–H groups in total. The summed E-state index contributed by atoms with van der Waals surface area (Å²) in [4.78, 5) is 37.8. The number of pyridine rings is 8. The Morgan fingerprint density at radius 2 is 0.418 bits per heavy atom. The third kappa shape index (κ3) is 22.0. The molecular weight excluding hydrogens is 2290 g/mol. The third-order valence-electron chi connectivity index (χ3n) is 19.2. The van der Waals surface area contributed by atoms with Gasteiger partial charge in [-0.3, -0.25) is 80.7 Å². The summed E-state index contributed by atoms with van der Waals surface area (Å²) in [5.74, 6) is 4.64. The van der Waals surface area contributed by atoms with E-state index in [0.29, 0.717) is 11.4 Å². The van der Waals surface area contributed by atoms with Crippen molar-refractivity contribution in [1.29, 1.82) is 0 Å². The Bertz CT molecular complexity index is 5560. The molecule has 0 atom stereocenters. The predicted molar refractivity (Wildman–Crippen MR) is 427 cm³/mol. The summed E-state index contributed by atoms with van der Waals surface area (Å²) >= 11 is 0. The van der Waals surface area contributed by atoms with Crippen LogP contribution in [0.1, 0.15) is 177 Å². The van der Waals surface area contributed by atoms with Gasteiger partial charge in [0.15, 0.2) is 0 Å². The average Bonchev–Trinajstić information content (AvgIpc) is 1.01. The van der Waals surface area contributed by atoms with Crippen molar-refractivity contribution in [3.8, 4) is 46.5 Å². The van der Waals surface area contributed by atoms with Crippen molar-refractivity contribution in [2.45, 2.75) is 156 Å². The van der Waals surface area contributed by atoms with Crippen LogP contribution < -0.4 is 0 Å². The van der Waals surface area contributed by atoms with Crippen LogP contribution in [0.15, 0.2) is 207 Å². The van der Waals surface area contributed by atoms with E-state index in [1.807, 2.05) is 147 Å². The van der Waals surface area contributed by atoms with Gasteiger partial charge in [-0.05, 0) is 138 Å². The van der Waals surface area contributed by atoms with Crippen LogP contribution in [-0.2, 0) is 129 Å². The molecule has 0 aromatic carbocycles. The van der Waals surface area contributed by atoms with Gasteiger partial charge in [0.2, 0.25) is 0 Å². The van der Waals surface area contributed by atoms with Crippen molar-refractivity contribution in [3.05, 3.63) is 336 Å². The molecule has 16 rings (SSSR count). The molecule has 0 aliphatic rings. The normalized spacial score (nSPS) is 11.9. The first kappa shape index (κ1) is 95.1. The summed E-state index contributed by atoms with van der Waals surface area (Å²) in [6.07, 6.45) is 17.5. The van der Waals surface area contributed by atoms with E-state index in [1.54, 1.807) is 90.7 Å². The SMILES string of the molecule is CC(C)(C)c1c[c-]n(-c2cccc(C(C)(C)c3cccc(-n4[c-]cc(C(C)(C)C)n4)n3)n2)n1.CC(C)(c1cccc(-n2[c-]cc(C(F)(F)F)n2)n1)c1cccc(-n2[c-]cc(C(F)(F)F)n2)n1.CC(C)(c1cccc(-n2[c-]ccn2)n1)c1cccc(-n2[c-]ccn2)n1.Cc1c[c-]n(-c2cccc(C(C)(C)c3cccc(-n4[c-]cc(C)n4)n3)n2)n1.[Pt+2].[Pt+2].[Pt+2].[Pt+2]. The van der Waals surface area contributed by atoms with Gasteiger partial charge >= 0.3 is 96.6 Å². The summed E-state index contributed by atoms with van der Waals surface area (Å²) in [7, 11) is 0. The molecule has 636 valence electrons. The zero-order chi connectivity index (χ0) is 84.3. The second-order valence-electron chi connectivity index (χ2n) is 31.7. The van der Waals surface area contributed by atoms with Gasteiger partial charge in [-0.1, -0.05) is 214 Å². The van der Waals surface area contributed by atoms with Crippen molar-refractivity contribution in [3.63, 3.8) is 0 Å². The zero-order valence-corrected chi connectivity index (χ0v) is 78.0. The Hall–Kier alpha value is -10.8. The Labute approximate surface area is 760 Å². The van der Waals surface area contributed by atoms with E-state index >= 15 is 0 Å². The van der Waals surface area contributed by atoms with Gasteiger partial charge in [-0.2, -0.15) is 26.3 Å². The fourth-order valence-corrected chi connectivity index (χ4v) is 12.0. The molecular formula is C88H82F6N24Pt4. The first-order valence-electron chi connectivity index (χ1n) is 37.4. The van der Waals surface area contributed by atoms with Crippen LogP contribution in [0.25, 0.3) is 46.5 Å². The average molecular weight is 2370 g/mol. The summed E-state index contributed by atoms with van der Waals surface area (Å²) in [5.41, 5.74) is 5.75. The monoisotopic (exact) mass is 2370 g/mol. The summed E-state index contributed by atoms with van der Waals surface area (Å²) in [6, 6.07) is 57.5. The van der Waals surface area contributed by atoms with Gasteiger partial charge in [0.05, 0.1) is 57.9 Å². The quantitative estimate of drug-likeness (QED) is 0.0644. The molecule has 0 unspecified atom stereocenters. The number of hydrogen-bond donors (Lipinski definition) is 0. The van der Waals surface area contributed by atoms with Crippen molar-refractivity contribution in [1.82, 2.24) is 118 Å². The minimum atomic E-state index is -4.61. The summed E-state index contributed by atoms with van der Waals surface area (Å²) < 4.78 is 88.9. The second-order valence-corrected chi connectivity index (χ2v) is 31.7. The molecule has 0 spiro atoms. The Balaban J connectivity index is 0.000000184. The van der Waals surface area contributed by atoms with Crippen LogP contribution in [0, 0.1) is 63.4 Å². The fourth-order valence-electron chi connectivity index (χ4n) is 12.0. The molecule has 0 radical (unpaired) electrons. The van der Waals surface area contributed by atoms with E-state index < -0.39 is 40.0 Å². The summed E-state index contributed by atoms with van der Waals surface area (Å²) in [5, 5.41) is 33.5. The molecule has 0 saturated carbocycles. The molecule has 0 fully saturated rings. The Morgan fingerprint density at radius 3 is 0.582 bits per heavy atom. The number of alkyl halides is 6. The van der Waals surface area contributed by atoms with Crippen LogP contribution in [0.2, 0.25) is 0 Å². The maximum atomic E-state index is 12.9. The van der Waals surface area contributed by atoms with Crippen LogP contribution in [0.5, 0.6) is 0 Å². The molecule has 0 aliphatic heterocycles. The molecule has 0 aliphatic carbocycles. The smallest absolute Gasteiger partial charge is 0.344 e. The van der Waals surface area contributed by atoms with E-state index in [-0.39, 0.29) is 112 Å². The van der Waals surface area contributed by atoms with Crippen LogP contribution in [-0.4, -0.2) is 118 Å². The van der Waals surface area contributed by atoms with E-state index in [1.165, 1.54) is 12.1 Å². The number of aromatic nitrogens is 24. The van der Waals surface area contributed by atoms with Crippen molar-refractivity contribution in [2.75, 3.05) is 0 Å². The minimum absolute atomic E-state index is 0. The first-order chi connectivity index (χ1) is 55.8. The van der Waals surface area contributed by atoms with Gasteiger partial charge in [-0.25, -0.2) is 0 Å². The van der Waals surface area contributed by atoms with Crippen LogP contribution >= 0.6 is 0 Å². The van der Waals surface area contributed by atoms with Crippen LogP contribution in [0.4, 0.5) is 26.3 Å². The minimum Gasteiger partial charge on any atom is -0.344 e. The molecule has 0 amide bonds. The topological polar surface area (TPSA) is 246 Å². The molecule has 34 heteroatoms. The molecule has 16 aromatic rings. The van der Waals surface area contributed by atoms with Crippen LogP contribution in [0.3, 0.4) is 0 Å². The van der Waals surface area contributed by atoms with Crippen molar-refractivity contribution < 1.29 is 111 Å². The van der Waals surface area contributed by atoms with Crippen molar-refractivity contribution in [2.24, 2.45) is 0 Å². The maximum Gasteiger partial charge on any atom is 2.00 e. The van der Waals surface area contributed by atoms with Gasteiger partial charge in [0, 0.05) is 67.2 Å². The number of halogens is 6. The Kier molecular flexibility index (Phi) is 29.9. The molecule has 16 heterocycles. The number of hydrogen-bond acceptors (Lipinski definition) is 16. The number of aryl methyl sites for hydroxylation is 2. The summed E-state index contributed by atoms with van der Waals surface area (Å²) in [6.45, 7) is 32.9. The zero-order valence-electron chi connectivity index (χ0n) is 68.9. The molecule has 24 nitrogen and oxygen atoms in total. The largest absolute Gasteiger partial charge is 2.00 e. The van der Waals surface area contributed by atoms with E-state index in [9.17, 15) is 26.3 Å². The molecule has 16 aromatic heterocycles. The van der Waals surface area contributed by atoms with Gasteiger partial charge in [0.1, 0.15) is 0 Å². The predicted octanol–water partition coefficient (Wildman–Crippen LogP) is 16.3. The van der Waals surface area contributed by atoms with E-state index in [0.717, 1.165) is 113 Å². The molecule has 0 bridgehead atoms. The fraction of sp³-hybridized carbons (Fsp3) is 0.273. The van der Waals surface area contributed by atoms with Gasteiger partial charge < -0.3 is 37.5 Å². The maximum absolute atomic E-state index is 12.9. The van der Waals surface area contributed by atoms with E-state index in [2.05, 4.69) is 173 Å². The number of nitrogens with zero attached hydrogens (tertiary/aromatic N) is 24. The second kappa shape index (κ2) is 38.3. The Morgan fingerprint density at radius 1 is 0.230 bits per heavy atom. The van der Waals surface area contributed by atoms with Gasteiger partial charge in [0.25, 0.3) is 0 Å². The number of rotatable bonds is 16. The molecule has 0 saturated heterocycles. The van der Waals surface area contributed by atoms with Crippen molar-refractivity contribution >= 4 is 0 Å². The standard InChI is InChI=1S/C27H32N6.C21H14F6N6.C21H20N6.C19H16N6.4Pt/c1-25(2,3)19-15-17-32(30-19)23-13-9-11-21(28-23)27(7,8)22-12-10-14-24(29-22)33-18-16-20(31-33)26(4,5)6;1-19(2,13-5-3-7-17(28-13)32-11-9-15(30-32)20(22,23)24)14-6-4-8-18(29-14)33-12-10-16(31-33)21(25,26)27;1-15-11-13-26(24-15)19-9-5-7-17(22-19)21(3,4)18-8-6-10-20(23-18)27-14-12-16(2)25-27;1-19(2,15-7-3-9-17(22-15)24-13-5-11-20-24)16-8-4-10-18(23-16)25-14-6-12-21-25;;;;/h9-16H,1-8H3;3-10H,1-2H3;5-12H,1-4H3;3-12H,1-2H3;;;;/q4*-2;4*+2. The third-order valence-corrected chi connectivity index (χ3v) is 19.2.